The summed E-state index contributed by atoms with van der Waals surface area (Å²) in [6.45, 7) is 2.49. The molecule has 0 amide bonds. The molecule has 1 heterocycles. The number of halogens is 4. The molecule has 0 saturated heterocycles. The van der Waals surface area contributed by atoms with E-state index in [1.165, 1.54) is 0 Å². The van der Waals surface area contributed by atoms with Crippen LogP contribution in [0.1, 0.15) is 11.1 Å². The number of hydrogen-bond donors (Lipinski definition) is 1. The molecule has 0 saturated carbocycles. The van der Waals surface area contributed by atoms with Gasteiger partial charge in [-0.05, 0) is 25.0 Å². The quantitative estimate of drug-likeness (QED) is 0.844. The summed E-state index contributed by atoms with van der Waals surface area (Å²) in [7, 11) is 0. The number of aromatic nitrogens is 2. The lowest BCUT2D eigenvalue weighted by Crippen LogP contribution is -2.20. The molecule has 0 aliphatic heterocycles. The molecule has 0 aliphatic rings. The lowest BCUT2D eigenvalue weighted by molar-refractivity contribution is -0.172. The molecule has 0 unspecified atom stereocenters. The first-order valence-electron chi connectivity index (χ1n) is 5.19. The number of rotatable bonds is 5. The van der Waals surface area contributed by atoms with Crippen LogP contribution in [-0.4, -0.2) is 36.1 Å². The summed E-state index contributed by atoms with van der Waals surface area (Å²) in [6.07, 6.45) is -4.30. The van der Waals surface area contributed by atoms with Crippen LogP contribution in [0.15, 0.2) is 0 Å². The Morgan fingerprint density at radius 3 is 2.50 bits per heavy atom. The third-order valence-electron chi connectivity index (χ3n) is 2.27. The second-order valence-electron chi connectivity index (χ2n) is 3.68. The van der Waals surface area contributed by atoms with Crippen molar-refractivity contribution in [3.8, 4) is 0 Å². The minimum atomic E-state index is -4.30. The average molecular weight is 284 g/mol. The number of alkyl halides is 3. The molecule has 0 aromatic carbocycles. The van der Waals surface area contributed by atoms with Crippen molar-refractivity contribution in [3.05, 3.63) is 16.3 Å². The highest BCUT2D eigenvalue weighted by molar-refractivity contribution is 6.30. The summed E-state index contributed by atoms with van der Waals surface area (Å²) in [5, 5.41) is 10.7. The fraction of sp³-hybridized carbons (Fsp3) is 0.600. The van der Waals surface area contributed by atoms with Gasteiger partial charge >= 0.3 is 6.18 Å². The van der Waals surface area contributed by atoms with Crippen molar-refractivity contribution in [2.75, 3.05) is 25.1 Å². The van der Waals surface area contributed by atoms with E-state index in [-0.39, 0.29) is 13.2 Å². The van der Waals surface area contributed by atoms with Crippen LogP contribution in [0.2, 0.25) is 5.15 Å². The van der Waals surface area contributed by atoms with Crippen LogP contribution in [0.25, 0.3) is 0 Å². The number of nitrogens with one attached hydrogen (secondary N) is 1. The van der Waals surface area contributed by atoms with Crippen molar-refractivity contribution < 1.29 is 17.9 Å². The third kappa shape index (κ3) is 4.66. The zero-order valence-corrected chi connectivity index (χ0v) is 10.7. The molecular formula is C10H13ClF3N3O. The molecule has 8 heteroatoms. The van der Waals surface area contributed by atoms with Gasteiger partial charge in [-0.15, -0.1) is 10.2 Å². The third-order valence-corrected chi connectivity index (χ3v) is 2.63. The predicted octanol–water partition coefficient (Wildman–Crippen LogP) is 2.74. The van der Waals surface area contributed by atoms with E-state index in [4.69, 9.17) is 11.6 Å². The van der Waals surface area contributed by atoms with Crippen molar-refractivity contribution in [3.63, 3.8) is 0 Å². The van der Waals surface area contributed by atoms with Gasteiger partial charge in [0.15, 0.2) is 11.0 Å². The maximum Gasteiger partial charge on any atom is 0.411 e. The second kappa shape index (κ2) is 6.19. The van der Waals surface area contributed by atoms with Gasteiger partial charge in [0, 0.05) is 6.54 Å². The minimum absolute atomic E-state index is 0.0672. The Hall–Kier alpha value is -1.08. The highest BCUT2D eigenvalue weighted by atomic mass is 35.5. The van der Waals surface area contributed by atoms with E-state index in [0.29, 0.717) is 11.0 Å². The molecule has 18 heavy (non-hydrogen) atoms. The van der Waals surface area contributed by atoms with Gasteiger partial charge in [-0.2, -0.15) is 13.2 Å². The molecule has 0 bridgehead atoms. The highest BCUT2D eigenvalue weighted by Crippen LogP contribution is 2.20. The Labute approximate surface area is 107 Å². The van der Waals surface area contributed by atoms with Crippen LogP contribution in [0.3, 0.4) is 0 Å². The largest absolute Gasteiger partial charge is 0.411 e. The van der Waals surface area contributed by atoms with Crippen LogP contribution in [0.4, 0.5) is 19.0 Å². The van der Waals surface area contributed by atoms with Crippen LogP contribution >= 0.6 is 11.6 Å². The Kier molecular flexibility index (Phi) is 5.15. The van der Waals surface area contributed by atoms with E-state index in [1.807, 2.05) is 0 Å². The molecule has 4 nitrogen and oxygen atoms in total. The van der Waals surface area contributed by atoms with E-state index < -0.39 is 12.8 Å². The van der Waals surface area contributed by atoms with Gasteiger partial charge in [-0.1, -0.05) is 11.6 Å². The molecule has 0 atom stereocenters. The van der Waals surface area contributed by atoms with Crippen molar-refractivity contribution in [1.29, 1.82) is 0 Å². The summed E-state index contributed by atoms with van der Waals surface area (Å²) in [6, 6.07) is 0. The van der Waals surface area contributed by atoms with E-state index >= 15 is 0 Å². The fourth-order valence-corrected chi connectivity index (χ4v) is 1.35. The van der Waals surface area contributed by atoms with Gasteiger partial charge < -0.3 is 10.1 Å². The number of hydrogen-bond acceptors (Lipinski definition) is 4. The molecule has 1 aromatic rings. The lowest BCUT2D eigenvalue weighted by atomic mass is 10.2. The molecule has 0 spiro atoms. The van der Waals surface area contributed by atoms with Crippen molar-refractivity contribution in [2.24, 2.45) is 0 Å². The monoisotopic (exact) mass is 283 g/mol. The van der Waals surface area contributed by atoms with Crippen molar-refractivity contribution in [1.82, 2.24) is 10.2 Å². The summed E-state index contributed by atoms with van der Waals surface area (Å²) in [4.78, 5) is 0. The van der Waals surface area contributed by atoms with Crippen LogP contribution < -0.4 is 5.32 Å². The van der Waals surface area contributed by atoms with Crippen LogP contribution in [0, 0.1) is 13.8 Å². The Bertz CT molecular complexity index is 412. The second-order valence-corrected chi connectivity index (χ2v) is 4.04. The standard InChI is InChI=1S/C10H13ClF3N3O/c1-6-7(2)9(17-16-8(6)11)15-3-4-18-5-10(12,13)14/h3-5H2,1-2H3,(H,15,17). The smallest absolute Gasteiger partial charge is 0.370 e. The fourth-order valence-electron chi connectivity index (χ4n) is 1.17. The Morgan fingerprint density at radius 2 is 1.89 bits per heavy atom. The van der Waals surface area contributed by atoms with Gasteiger partial charge in [0.1, 0.15) is 6.61 Å². The SMILES string of the molecule is Cc1c(Cl)nnc(NCCOCC(F)(F)F)c1C. The van der Waals surface area contributed by atoms with Crippen LogP contribution in [-0.2, 0) is 4.74 Å². The first-order valence-corrected chi connectivity index (χ1v) is 5.57. The molecule has 0 fully saturated rings. The average Bonchev–Trinajstić information content (AvgIpc) is 2.27. The zero-order valence-electron chi connectivity index (χ0n) is 9.94. The first kappa shape index (κ1) is 15.0. The highest BCUT2D eigenvalue weighted by Gasteiger charge is 2.27. The maximum absolute atomic E-state index is 11.8. The molecular weight excluding hydrogens is 271 g/mol. The predicted molar refractivity (Wildman–Crippen MR) is 61.9 cm³/mol. The summed E-state index contributed by atoms with van der Waals surface area (Å²) < 4.78 is 39.8. The molecule has 1 N–H and O–H groups in total. The molecule has 0 radical (unpaired) electrons. The normalized spacial score (nSPS) is 11.7. The zero-order chi connectivity index (χ0) is 13.8. The number of anilines is 1. The number of ether oxygens (including phenoxy) is 1. The summed E-state index contributed by atoms with van der Waals surface area (Å²) in [5.74, 6) is 0.493. The van der Waals surface area contributed by atoms with Gasteiger partial charge in [-0.3, -0.25) is 0 Å². The van der Waals surface area contributed by atoms with Gasteiger partial charge in [0.2, 0.25) is 0 Å². The van der Waals surface area contributed by atoms with E-state index in [9.17, 15) is 13.2 Å². The first-order chi connectivity index (χ1) is 8.31. The molecule has 1 rings (SSSR count). The number of nitrogens with zero attached hydrogens (tertiary/aromatic N) is 2. The van der Waals surface area contributed by atoms with Gasteiger partial charge in [0.25, 0.3) is 0 Å². The molecule has 1 aromatic heterocycles. The van der Waals surface area contributed by atoms with E-state index in [1.54, 1.807) is 13.8 Å². The molecule has 0 aliphatic carbocycles. The van der Waals surface area contributed by atoms with Crippen LogP contribution in [0.5, 0.6) is 0 Å². The van der Waals surface area contributed by atoms with Crippen molar-refractivity contribution in [2.45, 2.75) is 20.0 Å². The minimum Gasteiger partial charge on any atom is -0.370 e. The van der Waals surface area contributed by atoms with Crippen molar-refractivity contribution >= 4 is 17.4 Å². The maximum atomic E-state index is 11.8. The van der Waals surface area contributed by atoms with Gasteiger partial charge in [0.05, 0.1) is 6.61 Å². The topological polar surface area (TPSA) is 47.0 Å². The molecule has 102 valence electrons. The Morgan fingerprint density at radius 1 is 1.22 bits per heavy atom. The van der Waals surface area contributed by atoms with E-state index in [2.05, 4.69) is 20.3 Å². The Balaban J connectivity index is 2.39. The van der Waals surface area contributed by atoms with E-state index in [0.717, 1.165) is 11.1 Å². The lowest BCUT2D eigenvalue weighted by Gasteiger charge is -2.11. The van der Waals surface area contributed by atoms with Gasteiger partial charge in [-0.25, -0.2) is 0 Å². The summed E-state index contributed by atoms with van der Waals surface area (Å²) >= 11 is 5.77. The summed E-state index contributed by atoms with van der Waals surface area (Å²) in [5.41, 5.74) is 1.59.